The van der Waals surface area contributed by atoms with Crippen molar-refractivity contribution in [2.24, 2.45) is 5.92 Å². The summed E-state index contributed by atoms with van der Waals surface area (Å²) in [5.41, 5.74) is 0.00833. The van der Waals surface area contributed by atoms with E-state index in [1.807, 2.05) is 31.3 Å². The molecule has 94 valence electrons. The van der Waals surface area contributed by atoms with Crippen LogP contribution in [0.2, 0.25) is 0 Å². The third-order valence-electron chi connectivity index (χ3n) is 3.69. The van der Waals surface area contributed by atoms with Crippen molar-refractivity contribution in [2.45, 2.75) is 25.4 Å². The largest absolute Gasteiger partial charge is 0.315 e. The molecule has 1 aliphatic rings. The van der Waals surface area contributed by atoms with Crippen molar-refractivity contribution in [3.63, 3.8) is 0 Å². The summed E-state index contributed by atoms with van der Waals surface area (Å²) in [5.74, 6) is 0.704. The SMILES string of the molecule is CNC(Cn1ncc2ccccc2c1=O)C1CC1. The molecule has 1 N–H and O–H groups in total. The summed E-state index contributed by atoms with van der Waals surface area (Å²) in [4.78, 5) is 12.3. The van der Waals surface area contributed by atoms with Gasteiger partial charge in [-0.3, -0.25) is 4.79 Å². The molecular weight excluding hydrogens is 226 g/mol. The highest BCUT2D eigenvalue weighted by molar-refractivity contribution is 5.80. The van der Waals surface area contributed by atoms with E-state index < -0.39 is 0 Å². The van der Waals surface area contributed by atoms with Crippen molar-refractivity contribution in [3.05, 3.63) is 40.8 Å². The summed E-state index contributed by atoms with van der Waals surface area (Å²) in [6.07, 6.45) is 4.29. The number of nitrogens with one attached hydrogen (secondary N) is 1. The van der Waals surface area contributed by atoms with Crippen LogP contribution in [0.15, 0.2) is 35.3 Å². The zero-order chi connectivity index (χ0) is 12.5. The molecule has 1 unspecified atom stereocenters. The standard InChI is InChI=1S/C14H17N3O/c1-15-13(10-6-7-10)9-17-14(18)12-5-3-2-4-11(12)8-16-17/h2-5,8,10,13,15H,6-7,9H2,1H3. The van der Waals surface area contributed by atoms with E-state index in [0.29, 0.717) is 18.5 Å². The lowest BCUT2D eigenvalue weighted by Crippen LogP contribution is -2.37. The van der Waals surface area contributed by atoms with Gasteiger partial charge in [-0.1, -0.05) is 18.2 Å². The van der Waals surface area contributed by atoms with Crippen molar-refractivity contribution in [3.8, 4) is 0 Å². The highest BCUT2D eigenvalue weighted by Crippen LogP contribution is 2.32. The van der Waals surface area contributed by atoms with Crippen LogP contribution in [-0.4, -0.2) is 22.9 Å². The second kappa shape index (κ2) is 4.53. The Labute approximate surface area is 106 Å². The number of rotatable bonds is 4. The van der Waals surface area contributed by atoms with Gasteiger partial charge in [-0.15, -0.1) is 0 Å². The van der Waals surface area contributed by atoms with Crippen molar-refractivity contribution in [1.29, 1.82) is 0 Å². The summed E-state index contributed by atoms with van der Waals surface area (Å²) >= 11 is 0. The summed E-state index contributed by atoms with van der Waals surface area (Å²) in [6, 6.07) is 7.96. The first kappa shape index (κ1) is 11.4. The second-order valence-electron chi connectivity index (χ2n) is 4.95. The Morgan fingerprint density at radius 2 is 2.22 bits per heavy atom. The Bertz CT molecular complexity index is 616. The first-order chi connectivity index (χ1) is 8.79. The highest BCUT2D eigenvalue weighted by Gasteiger charge is 2.30. The average molecular weight is 243 g/mol. The molecule has 1 atom stereocenters. The normalized spacial score (nSPS) is 16.9. The van der Waals surface area contributed by atoms with Gasteiger partial charge < -0.3 is 5.32 Å². The van der Waals surface area contributed by atoms with E-state index in [4.69, 9.17) is 0 Å². The quantitative estimate of drug-likeness (QED) is 0.883. The molecule has 4 heteroatoms. The molecule has 3 rings (SSSR count). The predicted octanol–water partition coefficient (Wildman–Crippen LogP) is 1.39. The van der Waals surface area contributed by atoms with Crippen LogP contribution < -0.4 is 10.9 Å². The van der Waals surface area contributed by atoms with Crippen LogP contribution in [0.25, 0.3) is 10.8 Å². The van der Waals surface area contributed by atoms with E-state index in [0.717, 1.165) is 10.8 Å². The Morgan fingerprint density at radius 1 is 1.44 bits per heavy atom. The predicted molar refractivity (Wildman–Crippen MR) is 71.6 cm³/mol. The lowest BCUT2D eigenvalue weighted by molar-refractivity contribution is 0.405. The van der Waals surface area contributed by atoms with Gasteiger partial charge in [-0.25, -0.2) is 4.68 Å². The first-order valence-electron chi connectivity index (χ1n) is 6.41. The Balaban J connectivity index is 1.96. The molecule has 18 heavy (non-hydrogen) atoms. The van der Waals surface area contributed by atoms with Crippen LogP contribution in [0, 0.1) is 5.92 Å². The maximum Gasteiger partial charge on any atom is 0.274 e. The van der Waals surface area contributed by atoms with E-state index in [9.17, 15) is 4.79 Å². The molecule has 0 saturated heterocycles. The number of hydrogen-bond donors (Lipinski definition) is 1. The smallest absolute Gasteiger partial charge is 0.274 e. The van der Waals surface area contributed by atoms with Gasteiger partial charge in [-0.05, 0) is 31.9 Å². The van der Waals surface area contributed by atoms with Crippen molar-refractivity contribution < 1.29 is 0 Å². The van der Waals surface area contributed by atoms with Crippen LogP contribution in [0.5, 0.6) is 0 Å². The van der Waals surface area contributed by atoms with Crippen molar-refractivity contribution in [2.75, 3.05) is 7.05 Å². The maximum atomic E-state index is 12.3. The summed E-state index contributed by atoms with van der Waals surface area (Å²) in [6.45, 7) is 0.658. The van der Waals surface area contributed by atoms with Gasteiger partial charge in [0.15, 0.2) is 0 Å². The molecule has 1 aromatic heterocycles. The third kappa shape index (κ3) is 2.04. The lowest BCUT2D eigenvalue weighted by atomic mass is 10.2. The number of fused-ring (bicyclic) bond motifs is 1. The monoisotopic (exact) mass is 243 g/mol. The first-order valence-corrected chi connectivity index (χ1v) is 6.41. The molecule has 0 aliphatic heterocycles. The molecular formula is C14H17N3O. The van der Waals surface area contributed by atoms with Crippen molar-refractivity contribution in [1.82, 2.24) is 15.1 Å². The zero-order valence-corrected chi connectivity index (χ0v) is 10.5. The Morgan fingerprint density at radius 3 is 2.94 bits per heavy atom. The zero-order valence-electron chi connectivity index (χ0n) is 10.5. The molecule has 0 bridgehead atoms. The Hall–Kier alpha value is -1.68. The van der Waals surface area contributed by atoms with E-state index in [1.54, 1.807) is 10.9 Å². The molecule has 0 spiro atoms. The van der Waals surface area contributed by atoms with E-state index in [-0.39, 0.29) is 5.56 Å². The van der Waals surface area contributed by atoms with Gasteiger partial charge in [-0.2, -0.15) is 5.10 Å². The fourth-order valence-electron chi connectivity index (χ4n) is 2.42. The fraction of sp³-hybridized carbons (Fsp3) is 0.429. The van der Waals surface area contributed by atoms with Crippen LogP contribution in [-0.2, 0) is 6.54 Å². The fourth-order valence-corrected chi connectivity index (χ4v) is 2.42. The minimum atomic E-state index is 0.00833. The molecule has 0 amide bonds. The minimum Gasteiger partial charge on any atom is -0.315 e. The number of hydrogen-bond acceptors (Lipinski definition) is 3. The average Bonchev–Trinajstić information content (AvgIpc) is 3.23. The molecule has 1 aliphatic carbocycles. The number of benzene rings is 1. The molecule has 2 aromatic rings. The molecule has 4 nitrogen and oxygen atoms in total. The van der Waals surface area contributed by atoms with Crippen LogP contribution in [0.3, 0.4) is 0 Å². The van der Waals surface area contributed by atoms with E-state index in [2.05, 4.69) is 10.4 Å². The van der Waals surface area contributed by atoms with E-state index >= 15 is 0 Å². The summed E-state index contributed by atoms with van der Waals surface area (Å²) in [5, 5.41) is 9.21. The number of nitrogens with zero attached hydrogens (tertiary/aromatic N) is 2. The topological polar surface area (TPSA) is 46.9 Å². The minimum absolute atomic E-state index is 0.00833. The Kier molecular flexibility index (Phi) is 2.88. The van der Waals surface area contributed by atoms with Gasteiger partial charge in [0, 0.05) is 11.4 Å². The lowest BCUT2D eigenvalue weighted by Gasteiger charge is -2.16. The summed E-state index contributed by atoms with van der Waals surface area (Å²) in [7, 11) is 1.95. The molecule has 1 heterocycles. The molecule has 1 aromatic carbocycles. The van der Waals surface area contributed by atoms with Gasteiger partial charge in [0.05, 0.1) is 18.1 Å². The van der Waals surface area contributed by atoms with Crippen LogP contribution in [0.4, 0.5) is 0 Å². The third-order valence-corrected chi connectivity index (χ3v) is 3.69. The number of aromatic nitrogens is 2. The van der Waals surface area contributed by atoms with Gasteiger partial charge in [0.1, 0.15) is 0 Å². The van der Waals surface area contributed by atoms with E-state index in [1.165, 1.54) is 12.8 Å². The number of likely N-dealkylation sites (N-methyl/N-ethyl adjacent to an activating group) is 1. The highest BCUT2D eigenvalue weighted by atomic mass is 16.1. The van der Waals surface area contributed by atoms with Gasteiger partial charge >= 0.3 is 0 Å². The summed E-state index contributed by atoms with van der Waals surface area (Å²) < 4.78 is 1.59. The second-order valence-corrected chi connectivity index (χ2v) is 4.95. The molecule has 1 fully saturated rings. The van der Waals surface area contributed by atoms with Crippen LogP contribution >= 0.6 is 0 Å². The van der Waals surface area contributed by atoms with Crippen LogP contribution in [0.1, 0.15) is 12.8 Å². The van der Waals surface area contributed by atoms with Crippen molar-refractivity contribution >= 4 is 10.8 Å². The molecule has 1 saturated carbocycles. The van der Waals surface area contributed by atoms with Gasteiger partial charge in [0.25, 0.3) is 5.56 Å². The molecule has 0 radical (unpaired) electrons. The van der Waals surface area contributed by atoms with Gasteiger partial charge in [0.2, 0.25) is 0 Å². The maximum absolute atomic E-state index is 12.3.